The minimum Gasteiger partial charge on any atom is -0.383 e. The average Bonchev–Trinajstić information content (AvgIpc) is 2.83. The molecule has 1 aliphatic rings. The van der Waals surface area contributed by atoms with Crippen LogP contribution in [0.15, 0.2) is 61.1 Å². The number of amides is 1. The van der Waals surface area contributed by atoms with Gasteiger partial charge in [0.25, 0.3) is 5.91 Å². The molecule has 8 heteroatoms. The zero-order valence-corrected chi connectivity index (χ0v) is 18.4. The Bertz CT molecular complexity index is 1340. The van der Waals surface area contributed by atoms with Crippen molar-refractivity contribution in [2.45, 2.75) is 19.5 Å². The summed E-state index contributed by atoms with van der Waals surface area (Å²) in [6, 6.07) is 14.0. The van der Waals surface area contributed by atoms with Crippen molar-refractivity contribution in [1.82, 2.24) is 25.2 Å². The number of pyridine rings is 1. The molecule has 4 aromatic rings. The van der Waals surface area contributed by atoms with Crippen molar-refractivity contribution in [2.75, 3.05) is 24.6 Å². The Morgan fingerprint density at radius 1 is 1.03 bits per heavy atom. The van der Waals surface area contributed by atoms with Crippen LogP contribution >= 0.6 is 0 Å². The number of nitrogen functional groups attached to an aromatic ring is 1. The molecule has 0 bridgehead atoms. The van der Waals surface area contributed by atoms with Crippen molar-refractivity contribution < 1.29 is 4.79 Å². The number of hydrogen-bond acceptors (Lipinski definition) is 7. The fourth-order valence-electron chi connectivity index (χ4n) is 4.13. The van der Waals surface area contributed by atoms with Crippen molar-refractivity contribution in [3.63, 3.8) is 0 Å². The second-order valence-electron chi connectivity index (χ2n) is 8.28. The van der Waals surface area contributed by atoms with Crippen LogP contribution in [0.2, 0.25) is 0 Å². The van der Waals surface area contributed by atoms with Crippen molar-refractivity contribution >= 4 is 34.0 Å². The van der Waals surface area contributed by atoms with Gasteiger partial charge in [0.05, 0.1) is 0 Å². The van der Waals surface area contributed by atoms with Crippen molar-refractivity contribution in [2.24, 2.45) is 0 Å². The Hall–Kier alpha value is -4.04. The van der Waals surface area contributed by atoms with E-state index in [4.69, 9.17) is 5.73 Å². The van der Waals surface area contributed by atoms with E-state index in [9.17, 15) is 4.79 Å². The van der Waals surface area contributed by atoms with Gasteiger partial charge in [-0.15, -0.1) is 0 Å². The van der Waals surface area contributed by atoms with Gasteiger partial charge in [-0.05, 0) is 59.8 Å². The first-order chi connectivity index (χ1) is 16.1. The van der Waals surface area contributed by atoms with Crippen LogP contribution in [-0.2, 0) is 19.5 Å². The van der Waals surface area contributed by atoms with Gasteiger partial charge in [0.15, 0.2) is 11.5 Å². The third-order valence-electron chi connectivity index (χ3n) is 5.90. The molecule has 166 valence electrons. The largest absolute Gasteiger partial charge is 0.383 e. The highest BCUT2D eigenvalue weighted by Gasteiger charge is 2.17. The number of hydrogen-bond donors (Lipinski definition) is 3. The molecule has 0 saturated heterocycles. The van der Waals surface area contributed by atoms with Gasteiger partial charge in [-0.3, -0.25) is 4.79 Å². The fourth-order valence-corrected chi connectivity index (χ4v) is 4.13. The van der Waals surface area contributed by atoms with Crippen LogP contribution in [0.5, 0.6) is 0 Å². The first-order valence-corrected chi connectivity index (χ1v) is 10.9. The maximum atomic E-state index is 12.9. The van der Waals surface area contributed by atoms with Crippen molar-refractivity contribution in [3.8, 4) is 0 Å². The van der Waals surface area contributed by atoms with Gasteiger partial charge in [-0.1, -0.05) is 18.2 Å². The number of carbonyl (C=O) groups excluding carboxylic acids is 1. The lowest BCUT2D eigenvalue weighted by atomic mass is 9.99. The Morgan fingerprint density at radius 3 is 2.82 bits per heavy atom. The van der Waals surface area contributed by atoms with Crippen molar-refractivity contribution in [3.05, 3.63) is 83.4 Å². The molecule has 2 aromatic heterocycles. The molecule has 4 N–H and O–H groups in total. The number of nitrogens with zero attached hydrogens (tertiary/aromatic N) is 4. The summed E-state index contributed by atoms with van der Waals surface area (Å²) in [6.45, 7) is 2.35. The van der Waals surface area contributed by atoms with Gasteiger partial charge in [0, 0.05) is 49.3 Å². The molecule has 3 heterocycles. The zero-order chi connectivity index (χ0) is 22.8. The lowest BCUT2D eigenvalue weighted by molar-refractivity contribution is 0.0946. The van der Waals surface area contributed by atoms with Crippen LogP contribution in [0.25, 0.3) is 10.8 Å². The third kappa shape index (κ3) is 4.47. The normalized spacial score (nSPS) is 13.5. The van der Waals surface area contributed by atoms with E-state index in [2.05, 4.69) is 49.7 Å². The van der Waals surface area contributed by atoms with Crippen LogP contribution in [0.4, 0.5) is 17.3 Å². The van der Waals surface area contributed by atoms with Gasteiger partial charge >= 0.3 is 0 Å². The number of carbonyl (C=O) groups is 1. The number of fused-ring (bicyclic) bond motifs is 2. The highest BCUT2D eigenvalue weighted by atomic mass is 16.1. The Kier molecular flexibility index (Phi) is 5.58. The monoisotopic (exact) mass is 439 g/mol. The maximum absolute atomic E-state index is 12.9. The van der Waals surface area contributed by atoms with E-state index in [1.807, 2.05) is 30.3 Å². The van der Waals surface area contributed by atoms with Gasteiger partial charge in [-0.25, -0.2) is 15.0 Å². The van der Waals surface area contributed by atoms with E-state index in [0.717, 1.165) is 41.5 Å². The zero-order valence-electron chi connectivity index (χ0n) is 18.4. The van der Waals surface area contributed by atoms with Gasteiger partial charge < -0.3 is 21.3 Å². The van der Waals surface area contributed by atoms with Gasteiger partial charge in [-0.2, -0.15) is 0 Å². The van der Waals surface area contributed by atoms with E-state index in [1.54, 1.807) is 12.4 Å². The highest BCUT2D eigenvalue weighted by molar-refractivity contribution is 5.97. The molecular weight excluding hydrogens is 414 g/mol. The lowest BCUT2D eigenvalue weighted by Gasteiger charge is -2.25. The van der Waals surface area contributed by atoms with Crippen LogP contribution < -0.4 is 16.4 Å². The van der Waals surface area contributed by atoms with E-state index < -0.39 is 0 Å². The van der Waals surface area contributed by atoms with Crippen LogP contribution in [0.1, 0.15) is 27.2 Å². The molecular formula is C25H25N7O. The first-order valence-electron chi connectivity index (χ1n) is 10.9. The molecule has 0 spiro atoms. The Morgan fingerprint density at radius 2 is 1.91 bits per heavy atom. The summed E-state index contributed by atoms with van der Waals surface area (Å²) < 4.78 is 0. The van der Waals surface area contributed by atoms with E-state index in [-0.39, 0.29) is 11.6 Å². The molecule has 0 saturated carbocycles. The summed E-state index contributed by atoms with van der Waals surface area (Å²) in [5.41, 5.74) is 10.7. The standard InChI is InChI=1S/C25H25N7O/c1-32-11-7-17-13-20(4-3-19(17)15-32)31-24-22(27-9-10-29-24)25(33)30-14-16-2-5-21-18(12-16)6-8-28-23(21)26/h2-6,8-10,12-13H,7,11,14-15H2,1H3,(H2,26,28)(H,29,31)(H,30,33). The topological polar surface area (TPSA) is 109 Å². The maximum Gasteiger partial charge on any atom is 0.274 e. The number of benzene rings is 2. The minimum absolute atomic E-state index is 0.254. The smallest absolute Gasteiger partial charge is 0.274 e. The summed E-state index contributed by atoms with van der Waals surface area (Å²) in [5, 5.41) is 8.09. The quantitative estimate of drug-likeness (QED) is 0.438. The molecule has 5 rings (SSSR count). The fraction of sp³-hybridized carbons (Fsp3) is 0.200. The first kappa shape index (κ1) is 20.8. The average molecular weight is 440 g/mol. The van der Waals surface area contributed by atoms with Crippen LogP contribution in [0, 0.1) is 0 Å². The predicted octanol–water partition coefficient (Wildman–Crippen LogP) is 3.27. The summed E-state index contributed by atoms with van der Waals surface area (Å²) in [4.78, 5) is 28.0. The summed E-state index contributed by atoms with van der Waals surface area (Å²) >= 11 is 0. The van der Waals surface area contributed by atoms with Crippen LogP contribution in [-0.4, -0.2) is 39.4 Å². The molecule has 0 unspecified atom stereocenters. The van der Waals surface area contributed by atoms with Gasteiger partial charge in [0.2, 0.25) is 0 Å². The highest BCUT2D eigenvalue weighted by Crippen LogP contribution is 2.25. The second kappa shape index (κ2) is 8.84. The van der Waals surface area contributed by atoms with E-state index >= 15 is 0 Å². The van der Waals surface area contributed by atoms with Crippen molar-refractivity contribution in [1.29, 1.82) is 0 Å². The molecule has 0 radical (unpaired) electrons. The summed E-state index contributed by atoms with van der Waals surface area (Å²) in [7, 11) is 2.13. The Balaban J connectivity index is 1.31. The predicted molar refractivity (Wildman–Crippen MR) is 129 cm³/mol. The molecule has 0 fully saturated rings. The molecule has 2 aromatic carbocycles. The number of rotatable bonds is 5. The molecule has 0 aliphatic carbocycles. The summed E-state index contributed by atoms with van der Waals surface area (Å²) in [5.74, 6) is 0.632. The third-order valence-corrected chi connectivity index (χ3v) is 5.90. The molecule has 1 amide bonds. The molecule has 8 nitrogen and oxygen atoms in total. The SMILES string of the molecule is CN1CCc2cc(Nc3nccnc3C(=O)NCc3ccc4c(N)nccc4c3)ccc2C1. The van der Waals surface area contributed by atoms with E-state index in [1.165, 1.54) is 17.3 Å². The van der Waals surface area contributed by atoms with Gasteiger partial charge in [0.1, 0.15) is 5.82 Å². The second-order valence-corrected chi connectivity index (χ2v) is 8.28. The molecule has 0 atom stereocenters. The minimum atomic E-state index is -0.292. The number of anilines is 3. The number of aromatic nitrogens is 3. The Labute approximate surface area is 191 Å². The number of nitrogens with two attached hydrogens (primary N) is 1. The molecule has 33 heavy (non-hydrogen) atoms. The molecule has 1 aliphatic heterocycles. The van der Waals surface area contributed by atoms with E-state index in [0.29, 0.717) is 18.2 Å². The lowest BCUT2D eigenvalue weighted by Crippen LogP contribution is -2.26. The number of nitrogens with one attached hydrogen (secondary N) is 2. The summed E-state index contributed by atoms with van der Waals surface area (Å²) in [6.07, 6.45) is 5.78. The van der Waals surface area contributed by atoms with Crippen LogP contribution in [0.3, 0.4) is 0 Å². The number of likely N-dealkylation sites (N-methyl/N-ethyl adjacent to an activating group) is 1.